The second-order valence-corrected chi connectivity index (χ2v) is 4.08. The van der Waals surface area contributed by atoms with E-state index in [2.05, 4.69) is 40.2 Å². The maximum atomic E-state index is 5.26. The summed E-state index contributed by atoms with van der Waals surface area (Å²) < 4.78 is 0. The first-order chi connectivity index (χ1) is 6.76. The minimum atomic E-state index is 0.323. The van der Waals surface area contributed by atoms with Crippen LogP contribution >= 0.6 is 11.3 Å². The van der Waals surface area contributed by atoms with E-state index in [9.17, 15) is 0 Å². The van der Waals surface area contributed by atoms with E-state index < -0.39 is 0 Å². The Kier molecular flexibility index (Phi) is 4.42. The van der Waals surface area contributed by atoms with Crippen molar-refractivity contribution in [2.24, 2.45) is 10.8 Å². The van der Waals surface area contributed by atoms with Crippen molar-refractivity contribution in [1.29, 1.82) is 0 Å². The van der Waals surface area contributed by atoms with Crippen LogP contribution in [0.25, 0.3) is 0 Å². The molecule has 0 radical (unpaired) electrons. The molecule has 4 N–H and O–H groups in total. The lowest BCUT2D eigenvalue weighted by Crippen LogP contribution is -2.45. The average molecular weight is 212 g/mol. The van der Waals surface area contributed by atoms with Crippen molar-refractivity contribution in [3.8, 4) is 0 Å². The van der Waals surface area contributed by atoms with Crippen LogP contribution in [-0.2, 0) is 6.42 Å². The number of hydrazine groups is 1. The number of thiophene rings is 1. The molecule has 0 fully saturated rings. The van der Waals surface area contributed by atoms with E-state index in [-0.39, 0.29) is 0 Å². The van der Waals surface area contributed by atoms with Crippen LogP contribution in [0.3, 0.4) is 0 Å². The van der Waals surface area contributed by atoms with Crippen LogP contribution in [0, 0.1) is 0 Å². The van der Waals surface area contributed by atoms with Crippen molar-refractivity contribution in [1.82, 2.24) is 10.7 Å². The lowest BCUT2D eigenvalue weighted by molar-refractivity contribution is 0.648. The van der Waals surface area contributed by atoms with E-state index in [4.69, 9.17) is 5.84 Å². The van der Waals surface area contributed by atoms with Gasteiger partial charge in [-0.15, -0.1) is 11.3 Å². The van der Waals surface area contributed by atoms with E-state index in [1.165, 1.54) is 4.88 Å². The molecular formula is C9H16N4S. The normalized spacial score (nSPS) is 13.8. The monoisotopic (exact) mass is 212 g/mol. The quantitative estimate of drug-likeness (QED) is 0.299. The van der Waals surface area contributed by atoms with Crippen LogP contribution in [0.1, 0.15) is 11.8 Å². The van der Waals surface area contributed by atoms with Gasteiger partial charge in [-0.1, -0.05) is 6.07 Å². The number of nitrogens with one attached hydrogen (secondary N) is 2. The molecule has 0 saturated carbocycles. The second kappa shape index (κ2) is 5.62. The van der Waals surface area contributed by atoms with Crippen LogP contribution in [0.5, 0.6) is 0 Å². The first-order valence-corrected chi connectivity index (χ1v) is 5.36. The van der Waals surface area contributed by atoms with Crippen LogP contribution < -0.4 is 16.6 Å². The minimum Gasteiger partial charge on any atom is -0.353 e. The summed E-state index contributed by atoms with van der Waals surface area (Å²) in [4.78, 5) is 5.31. The summed E-state index contributed by atoms with van der Waals surface area (Å²) in [5.41, 5.74) is 2.50. The smallest absolute Gasteiger partial charge is 0.205 e. The molecule has 1 heterocycles. The van der Waals surface area contributed by atoms with E-state index in [1.54, 1.807) is 18.4 Å². The van der Waals surface area contributed by atoms with E-state index in [0.29, 0.717) is 12.0 Å². The standard InChI is InChI=1S/C9H16N4S/c1-7(12-9(11-2)13-10)6-8-4-3-5-14-8/h3-5,7H,6,10H2,1-2H3,(H2,11,12,13). The van der Waals surface area contributed by atoms with Crippen molar-refractivity contribution in [3.63, 3.8) is 0 Å². The molecular weight excluding hydrogens is 196 g/mol. The molecule has 0 aliphatic heterocycles. The van der Waals surface area contributed by atoms with Gasteiger partial charge in [0.05, 0.1) is 0 Å². The zero-order chi connectivity index (χ0) is 10.4. The highest BCUT2D eigenvalue weighted by Crippen LogP contribution is 2.10. The molecule has 0 aliphatic rings. The Morgan fingerprint density at radius 3 is 3.00 bits per heavy atom. The number of hydrogen-bond donors (Lipinski definition) is 3. The molecule has 1 atom stereocenters. The zero-order valence-electron chi connectivity index (χ0n) is 8.45. The summed E-state index contributed by atoms with van der Waals surface area (Å²) in [6.45, 7) is 2.10. The largest absolute Gasteiger partial charge is 0.353 e. The van der Waals surface area contributed by atoms with Crippen LogP contribution in [0.15, 0.2) is 22.5 Å². The Hall–Kier alpha value is -1.07. The molecule has 0 saturated heterocycles. The summed E-state index contributed by atoms with van der Waals surface area (Å²) in [7, 11) is 1.69. The Morgan fingerprint density at radius 2 is 2.50 bits per heavy atom. The van der Waals surface area contributed by atoms with Crippen molar-refractivity contribution >= 4 is 17.3 Å². The maximum Gasteiger partial charge on any atom is 0.205 e. The number of aliphatic imine (C=N–C) groups is 1. The summed E-state index contributed by atoms with van der Waals surface area (Å²) in [5, 5.41) is 5.26. The van der Waals surface area contributed by atoms with E-state index >= 15 is 0 Å². The zero-order valence-corrected chi connectivity index (χ0v) is 9.27. The third-order valence-corrected chi connectivity index (χ3v) is 2.73. The predicted molar refractivity (Wildman–Crippen MR) is 61.3 cm³/mol. The molecule has 1 aromatic heterocycles. The van der Waals surface area contributed by atoms with Crippen LogP contribution in [0.2, 0.25) is 0 Å². The summed E-state index contributed by atoms with van der Waals surface area (Å²) in [5.74, 6) is 5.88. The predicted octanol–water partition coefficient (Wildman–Crippen LogP) is 0.718. The van der Waals surface area contributed by atoms with Gasteiger partial charge >= 0.3 is 0 Å². The Morgan fingerprint density at radius 1 is 1.71 bits per heavy atom. The highest BCUT2D eigenvalue weighted by Gasteiger charge is 2.05. The molecule has 0 bridgehead atoms. The van der Waals surface area contributed by atoms with Gasteiger partial charge in [0, 0.05) is 24.4 Å². The molecule has 4 nitrogen and oxygen atoms in total. The van der Waals surface area contributed by atoms with Crippen LogP contribution in [0.4, 0.5) is 0 Å². The summed E-state index contributed by atoms with van der Waals surface area (Å²) in [6.07, 6.45) is 0.984. The molecule has 78 valence electrons. The van der Waals surface area contributed by atoms with Crippen LogP contribution in [-0.4, -0.2) is 19.0 Å². The fraction of sp³-hybridized carbons (Fsp3) is 0.444. The topological polar surface area (TPSA) is 62.4 Å². The number of guanidine groups is 1. The Bertz CT molecular complexity index is 281. The molecule has 5 heteroatoms. The number of hydrogen-bond acceptors (Lipinski definition) is 3. The lowest BCUT2D eigenvalue weighted by atomic mass is 10.2. The Labute approximate surface area is 88.2 Å². The molecule has 14 heavy (non-hydrogen) atoms. The van der Waals surface area contributed by atoms with Gasteiger partial charge in [0.25, 0.3) is 0 Å². The number of nitrogens with zero attached hydrogens (tertiary/aromatic N) is 1. The molecule has 0 aliphatic carbocycles. The minimum absolute atomic E-state index is 0.323. The first-order valence-electron chi connectivity index (χ1n) is 4.48. The maximum absolute atomic E-state index is 5.26. The second-order valence-electron chi connectivity index (χ2n) is 3.05. The third-order valence-electron chi connectivity index (χ3n) is 1.83. The highest BCUT2D eigenvalue weighted by atomic mass is 32.1. The van der Waals surface area contributed by atoms with Crippen molar-refractivity contribution < 1.29 is 0 Å². The van der Waals surface area contributed by atoms with Gasteiger partial charge in [-0.2, -0.15) is 0 Å². The van der Waals surface area contributed by atoms with Gasteiger partial charge in [-0.25, -0.2) is 5.84 Å². The van der Waals surface area contributed by atoms with E-state index in [1.807, 2.05) is 0 Å². The van der Waals surface area contributed by atoms with Gasteiger partial charge < -0.3 is 5.32 Å². The van der Waals surface area contributed by atoms with Gasteiger partial charge in [-0.05, 0) is 18.4 Å². The summed E-state index contributed by atoms with van der Waals surface area (Å²) in [6, 6.07) is 4.51. The fourth-order valence-corrected chi connectivity index (χ4v) is 2.02. The summed E-state index contributed by atoms with van der Waals surface area (Å²) >= 11 is 1.76. The fourth-order valence-electron chi connectivity index (χ4n) is 1.19. The Balaban J connectivity index is 2.39. The van der Waals surface area contributed by atoms with Gasteiger partial charge in [-0.3, -0.25) is 10.4 Å². The van der Waals surface area contributed by atoms with Gasteiger partial charge in [0.2, 0.25) is 5.96 Å². The first kappa shape index (κ1) is 11.0. The molecule has 0 aromatic carbocycles. The lowest BCUT2D eigenvalue weighted by Gasteiger charge is -2.14. The molecule has 1 aromatic rings. The molecule has 0 spiro atoms. The van der Waals surface area contributed by atoms with E-state index in [0.717, 1.165) is 6.42 Å². The number of nitrogens with two attached hydrogens (primary N) is 1. The average Bonchev–Trinajstić information content (AvgIpc) is 2.66. The molecule has 1 rings (SSSR count). The SMILES string of the molecule is CN=C(NN)NC(C)Cc1cccs1. The molecule has 1 unspecified atom stereocenters. The van der Waals surface area contributed by atoms with Crippen molar-refractivity contribution in [3.05, 3.63) is 22.4 Å². The highest BCUT2D eigenvalue weighted by molar-refractivity contribution is 7.09. The number of rotatable bonds is 3. The van der Waals surface area contributed by atoms with Crippen molar-refractivity contribution in [2.75, 3.05) is 7.05 Å². The molecule has 0 amide bonds. The van der Waals surface area contributed by atoms with Crippen molar-refractivity contribution in [2.45, 2.75) is 19.4 Å². The third kappa shape index (κ3) is 3.35. The van der Waals surface area contributed by atoms with Gasteiger partial charge in [0.1, 0.15) is 0 Å². The van der Waals surface area contributed by atoms with Gasteiger partial charge in [0.15, 0.2) is 0 Å².